The molecular formula is C19H26N4O4S. The Morgan fingerprint density at radius 2 is 2.04 bits per heavy atom. The molecule has 2 aliphatic carbocycles. The maximum Gasteiger partial charge on any atom is 0.327 e. The number of nitrogens with zero attached hydrogens (tertiary/aromatic N) is 3. The molecule has 2 heterocycles. The van der Waals surface area contributed by atoms with Crippen molar-refractivity contribution in [2.24, 2.45) is 5.92 Å². The molecule has 8 nitrogen and oxygen atoms in total. The van der Waals surface area contributed by atoms with E-state index in [4.69, 9.17) is 0 Å². The summed E-state index contributed by atoms with van der Waals surface area (Å²) < 4.78 is 28.4. The quantitative estimate of drug-likeness (QED) is 0.799. The van der Waals surface area contributed by atoms with E-state index < -0.39 is 21.2 Å². The maximum atomic E-state index is 13.1. The summed E-state index contributed by atoms with van der Waals surface area (Å²) in [5.74, 6) is -0.781. The van der Waals surface area contributed by atoms with Crippen molar-refractivity contribution in [3.63, 3.8) is 0 Å². The molecule has 1 N–H and O–H groups in total. The highest BCUT2D eigenvalue weighted by Gasteiger charge is 2.51. The first-order valence-electron chi connectivity index (χ1n) is 9.70. The number of hydrogen-bond donors (Lipinski definition) is 1. The monoisotopic (exact) mass is 406 g/mol. The van der Waals surface area contributed by atoms with Crippen LogP contribution in [-0.2, 0) is 21.4 Å². The Morgan fingerprint density at radius 1 is 1.29 bits per heavy atom. The second kappa shape index (κ2) is 6.81. The molecule has 3 fully saturated rings. The summed E-state index contributed by atoms with van der Waals surface area (Å²) >= 11 is 0. The fraction of sp³-hybridized carbons (Fsp3) is 0.632. The molecule has 3 aliphatic rings. The van der Waals surface area contributed by atoms with E-state index in [1.165, 1.54) is 4.90 Å². The van der Waals surface area contributed by atoms with Crippen LogP contribution in [-0.4, -0.2) is 59.0 Å². The van der Waals surface area contributed by atoms with E-state index in [1.807, 2.05) is 13.0 Å². The van der Waals surface area contributed by atoms with Gasteiger partial charge in [-0.1, -0.05) is 6.07 Å². The number of hydrogen-bond acceptors (Lipinski definition) is 5. The van der Waals surface area contributed by atoms with Gasteiger partial charge in [-0.15, -0.1) is 0 Å². The highest BCUT2D eigenvalue weighted by atomic mass is 32.2. The molecule has 9 heteroatoms. The molecule has 4 rings (SSSR count). The number of pyridine rings is 1. The molecule has 0 radical (unpaired) electrons. The Labute approximate surface area is 165 Å². The van der Waals surface area contributed by atoms with Crippen LogP contribution >= 0.6 is 0 Å². The standard InChI is InChI=1S/C19H26N4O4S/c1-19(7-8-19)21-28(26,27)14-5-6-16-15(10-14)17(24)23(18(25)22(16)2)12-13-4-3-9-20-11-13/h3-4,9,11,14-16,21H,5-8,10,12H2,1-2H3. The third-order valence-electron chi connectivity index (χ3n) is 6.27. The predicted molar refractivity (Wildman–Crippen MR) is 103 cm³/mol. The van der Waals surface area contributed by atoms with Gasteiger partial charge in [0.1, 0.15) is 0 Å². The molecule has 3 unspecified atom stereocenters. The number of imide groups is 1. The summed E-state index contributed by atoms with van der Waals surface area (Å²) in [5.41, 5.74) is 0.435. The molecule has 1 aromatic heterocycles. The summed E-state index contributed by atoms with van der Waals surface area (Å²) in [5, 5.41) is -0.600. The maximum absolute atomic E-state index is 13.1. The summed E-state index contributed by atoms with van der Waals surface area (Å²) in [6.07, 6.45) is 6.18. The van der Waals surface area contributed by atoms with E-state index in [9.17, 15) is 18.0 Å². The van der Waals surface area contributed by atoms with Gasteiger partial charge in [-0.2, -0.15) is 0 Å². The highest BCUT2D eigenvalue weighted by Crippen LogP contribution is 2.39. The van der Waals surface area contributed by atoms with Gasteiger partial charge < -0.3 is 4.90 Å². The first-order chi connectivity index (χ1) is 13.2. The van der Waals surface area contributed by atoms with Crippen LogP contribution < -0.4 is 4.72 Å². The number of aromatic nitrogens is 1. The van der Waals surface area contributed by atoms with Crippen molar-refractivity contribution in [1.82, 2.24) is 19.5 Å². The largest absolute Gasteiger partial charge is 0.327 e. The third-order valence-corrected chi connectivity index (χ3v) is 8.35. The lowest BCUT2D eigenvalue weighted by Crippen LogP contribution is -2.62. The zero-order chi connectivity index (χ0) is 20.1. The van der Waals surface area contributed by atoms with Gasteiger partial charge in [0.15, 0.2) is 0 Å². The van der Waals surface area contributed by atoms with E-state index in [1.54, 1.807) is 30.4 Å². The van der Waals surface area contributed by atoms with Crippen molar-refractivity contribution in [3.05, 3.63) is 30.1 Å². The molecule has 3 amide bonds. The number of rotatable bonds is 5. The molecule has 1 saturated heterocycles. The zero-order valence-corrected chi connectivity index (χ0v) is 17.0. The molecule has 1 aromatic rings. The molecule has 2 saturated carbocycles. The van der Waals surface area contributed by atoms with E-state index in [0.717, 1.165) is 18.4 Å². The number of urea groups is 1. The third kappa shape index (κ3) is 3.53. The van der Waals surface area contributed by atoms with Gasteiger partial charge in [0.25, 0.3) is 0 Å². The minimum absolute atomic E-state index is 0.146. The number of nitrogens with one attached hydrogen (secondary N) is 1. The van der Waals surface area contributed by atoms with Crippen molar-refractivity contribution < 1.29 is 18.0 Å². The lowest BCUT2D eigenvalue weighted by molar-refractivity contribution is -0.140. The number of amides is 3. The van der Waals surface area contributed by atoms with Crippen LogP contribution in [0.2, 0.25) is 0 Å². The van der Waals surface area contributed by atoms with Gasteiger partial charge in [-0.3, -0.25) is 14.7 Å². The van der Waals surface area contributed by atoms with Gasteiger partial charge >= 0.3 is 6.03 Å². The summed E-state index contributed by atoms with van der Waals surface area (Å²) in [6.45, 7) is 2.05. The van der Waals surface area contributed by atoms with Crippen molar-refractivity contribution in [3.8, 4) is 0 Å². The fourth-order valence-electron chi connectivity index (χ4n) is 4.29. The van der Waals surface area contributed by atoms with Crippen molar-refractivity contribution >= 4 is 22.0 Å². The molecule has 3 atom stereocenters. The Kier molecular flexibility index (Phi) is 4.70. The van der Waals surface area contributed by atoms with Crippen LogP contribution in [0.25, 0.3) is 0 Å². The number of fused-ring (bicyclic) bond motifs is 1. The van der Waals surface area contributed by atoms with Crippen LogP contribution in [0, 0.1) is 5.92 Å². The molecular weight excluding hydrogens is 380 g/mol. The van der Waals surface area contributed by atoms with Crippen LogP contribution in [0.1, 0.15) is 44.6 Å². The second-order valence-corrected chi connectivity index (χ2v) is 10.5. The van der Waals surface area contributed by atoms with Crippen LogP contribution in [0.3, 0.4) is 0 Å². The average molecular weight is 407 g/mol. The zero-order valence-electron chi connectivity index (χ0n) is 16.2. The molecule has 0 aromatic carbocycles. The van der Waals surface area contributed by atoms with Crippen molar-refractivity contribution in [2.75, 3.05) is 7.05 Å². The second-order valence-electron chi connectivity index (χ2n) is 8.50. The summed E-state index contributed by atoms with van der Waals surface area (Å²) in [7, 11) is -1.80. The Hall–Kier alpha value is -2.00. The molecule has 1 aliphatic heterocycles. The van der Waals surface area contributed by atoms with E-state index in [2.05, 4.69) is 9.71 Å². The van der Waals surface area contributed by atoms with Gasteiger partial charge in [-0.25, -0.2) is 17.9 Å². The number of carbonyl (C=O) groups excluding carboxylic acids is 2. The summed E-state index contributed by atoms with van der Waals surface area (Å²) in [6, 6.07) is 3.00. The van der Waals surface area contributed by atoms with E-state index >= 15 is 0 Å². The van der Waals surface area contributed by atoms with E-state index in [-0.39, 0.29) is 36.5 Å². The number of carbonyl (C=O) groups is 2. The van der Waals surface area contributed by atoms with Crippen LogP contribution in [0.5, 0.6) is 0 Å². The molecule has 0 spiro atoms. The lowest BCUT2D eigenvalue weighted by atomic mass is 9.81. The van der Waals surface area contributed by atoms with Gasteiger partial charge in [0, 0.05) is 31.0 Å². The van der Waals surface area contributed by atoms with Crippen molar-refractivity contribution in [1.29, 1.82) is 0 Å². The Balaban J connectivity index is 1.53. The Bertz CT molecular complexity index is 884. The first kappa shape index (κ1) is 19.3. The fourth-order valence-corrected chi connectivity index (χ4v) is 6.25. The van der Waals surface area contributed by atoms with Gasteiger partial charge in [0.2, 0.25) is 15.9 Å². The molecule has 0 bridgehead atoms. The SMILES string of the molecule is CN1C(=O)N(Cc2cccnc2)C(=O)C2CC(S(=O)(=O)NC3(C)CC3)CCC21. The minimum Gasteiger partial charge on any atom is -0.324 e. The Morgan fingerprint density at radius 3 is 2.68 bits per heavy atom. The van der Waals surface area contributed by atoms with Gasteiger partial charge in [-0.05, 0) is 50.7 Å². The average Bonchev–Trinajstić information content (AvgIpc) is 3.39. The topological polar surface area (TPSA) is 99.7 Å². The van der Waals surface area contributed by atoms with E-state index in [0.29, 0.717) is 12.8 Å². The van der Waals surface area contributed by atoms with Crippen LogP contribution in [0.4, 0.5) is 4.79 Å². The smallest absolute Gasteiger partial charge is 0.324 e. The molecule has 28 heavy (non-hydrogen) atoms. The van der Waals surface area contributed by atoms with Crippen molar-refractivity contribution in [2.45, 2.75) is 62.4 Å². The molecule has 152 valence electrons. The first-order valence-corrected chi connectivity index (χ1v) is 11.2. The number of sulfonamides is 1. The highest BCUT2D eigenvalue weighted by molar-refractivity contribution is 7.90. The van der Waals surface area contributed by atoms with Gasteiger partial charge in [0.05, 0.1) is 17.7 Å². The minimum atomic E-state index is -3.49. The summed E-state index contributed by atoms with van der Waals surface area (Å²) in [4.78, 5) is 32.7. The lowest BCUT2D eigenvalue weighted by Gasteiger charge is -2.46. The normalized spacial score (nSPS) is 29.6. The van der Waals surface area contributed by atoms with Crippen LogP contribution in [0.15, 0.2) is 24.5 Å². The predicted octanol–water partition coefficient (Wildman–Crippen LogP) is 1.48.